The van der Waals surface area contributed by atoms with Crippen LogP contribution in [0.3, 0.4) is 0 Å². The van der Waals surface area contributed by atoms with Crippen molar-refractivity contribution in [1.82, 2.24) is 25.9 Å². The Bertz CT molecular complexity index is 652. The molecule has 1 fully saturated rings. The van der Waals surface area contributed by atoms with Crippen LogP contribution >= 0.6 is 0 Å². The molecule has 1 aliphatic rings. The smallest absolute Gasteiger partial charge is 0.242 e. The molecule has 2 aromatic rings. The van der Waals surface area contributed by atoms with Crippen LogP contribution in [0, 0.1) is 13.8 Å². The molecule has 2 atom stereocenters. The summed E-state index contributed by atoms with van der Waals surface area (Å²) < 4.78 is 1.72. The molecule has 1 saturated heterocycles. The Kier molecular flexibility index (Phi) is 4.22. The zero-order valence-electron chi connectivity index (χ0n) is 12.8. The van der Waals surface area contributed by atoms with E-state index in [-0.39, 0.29) is 24.7 Å². The van der Waals surface area contributed by atoms with E-state index in [1.165, 1.54) is 5.56 Å². The van der Waals surface area contributed by atoms with Gasteiger partial charge >= 0.3 is 0 Å². The first-order valence-electron chi connectivity index (χ1n) is 7.48. The summed E-state index contributed by atoms with van der Waals surface area (Å²) >= 11 is 0. The molecule has 1 aliphatic heterocycles. The summed E-state index contributed by atoms with van der Waals surface area (Å²) in [6.07, 6.45) is 0.738. The van der Waals surface area contributed by atoms with Crippen LogP contribution in [-0.4, -0.2) is 21.9 Å². The van der Waals surface area contributed by atoms with Gasteiger partial charge in [-0.1, -0.05) is 30.3 Å². The molecule has 0 bridgehead atoms. The summed E-state index contributed by atoms with van der Waals surface area (Å²) in [7, 11) is 0. The van der Waals surface area contributed by atoms with Crippen LogP contribution in [0.2, 0.25) is 0 Å². The van der Waals surface area contributed by atoms with Crippen molar-refractivity contribution in [3.63, 3.8) is 0 Å². The van der Waals surface area contributed by atoms with E-state index in [4.69, 9.17) is 0 Å². The number of carbonyl (C=O) groups excluding carboxylic acids is 1. The fraction of sp³-hybridized carbons (Fsp3) is 0.375. The van der Waals surface area contributed by atoms with Crippen LogP contribution in [0.5, 0.6) is 0 Å². The second-order valence-corrected chi connectivity index (χ2v) is 5.69. The predicted molar refractivity (Wildman–Crippen MR) is 83.7 cm³/mol. The number of rotatable bonds is 4. The van der Waals surface area contributed by atoms with Crippen LogP contribution in [0.15, 0.2) is 36.4 Å². The van der Waals surface area contributed by atoms with Gasteiger partial charge in [-0.2, -0.15) is 5.10 Å². The highest BCUT2D eigenvalue weighted by molar-refractivity contribution is 5.76. The summed E-state index contributed by atoms with van der Waals surface area (Å²) in [6.45, 7) is 4.12. The number of hydrogen-bond acceptors (Lipinski definition) is 4. The number of nitrogens with one attached hydrogen (secondary N) is 3. The lowest BCUT2D eigenvalue weighted by atomic mass is 10.0. The molecule has 2 heterocycles. The number of hydrogen-bond donors (Lipinski definition) is 3. The maximum Gasteiger partial charge on any atom is 0.242 e. The molecule has 0 saturated carbocycles. The minimum absolute atomic E-state index is 0.0424. The summed E-state index contributed by atoms with van der Waals surface area (Å²) in [4.78, 5) is 12.1. The van der Waals surface area contributed by atoms with E-state index >= 15 is 0 Å². The van der Waals surface area contributed by atoms with E-state index in [0.29, 0.717) is 0 Å². The molecule has 2 unspecified atom stereocenters. The van der Waals surface area contributed by atoms with E-state index < -0.39 is 0 Å². The second kappa shape index (κ2) is 6.29. The number of nitrogens with zero attached hydrogens (tertiary/aromatic N) is 2. The molecule has 6 heteroatoms. The van der Waals surface area contributed by atoms with Crippen molar-refractivity contribution in [3.05, 3.63) is 53.3 Å². The fourth-order valence-corrected chi connectivity index (χ4v) is 2.77. The monoisotopic (exact) mass is 299 g/mol. The normalized spacial score (nSPS) is 21.0. The third-order valence-electron chi connectivity index (χ3n) is 3.84. The van der Waals surface area contributed by atoms with Crippen LogP contribution < -0.4 is 16.2 Å². The number of aromatic nitrogens is 2. The molecule has 0 aliphatic carbocycles. The van der Waals surface area contributed by atoms with E-state index in [1.54, 1.807) is 4.68 Å². The third kappa shape index (κ3) is 3.35. The maximum atomic E-state index is 12.1. The van der Waals surface area contributed by atoms with Crippen LogP contribution in [0.1, 0.15) is 29.4 Å². The Morgan fingerprint density at radius 3 is 2.77 bits per heavy atom. The average Bonchev–Trinajstić information content (AvgIpc) is 3.07. The first-order chi connectivity index (χ1) is 10.6. The number of benzene rings is 1. The van der Waals surface area contributed by atoms with Crippen molar-refractivity contribution in [3.8, 4) is 0 Å². The molecule has 1 aromatic carbocycles. The third-order valence-corrected chi connectivity index (χ3v) is 3.84. The number of carbonyl (C=O) groups is 1. The second-order valence-electron chi connectivity index (χ2n) is 5.69. The van der Waals surface area contributed by atoms with Crippen molar-refractivity contribution in [2.75, 3.05) is 0 Å². The van der Waals surface area contributed by atoms with Crippen molar-refractivity contribution < 1.29 is 4.79 Å². The Morgan fingerprint density at radius 1 is 1.32 bits per heavy atom. The van der Waals surface area contributed by atoms with E-state index in [2.05, 4.69) is 33.4 Å². The van der Waals surface area contributed by atoms with Crippen molar-refractivity contribution in [2.45, 2.75) is 39.0 Å². The van der Waals surface area contributed by atoms with Crippen LogP contribution in [0.4, 0.5) is 0 Å². The molecule has 0 radical (unpaired) electrons. The van der Waals surface area contributed by atoms with Crippen LogP contribution in [-0.2, 0) is 11.3 Å². The minimum Gasteiger partial charge on any atom is -0.338 e. The van der Waals surface area contributed by atoms with Crippen molar-refractivity contribution >= 4 is 5.91 Å². The van der Waals surface area contributed by atoms with E-state index in [0.717, 1.165) is 17.8 Å². The van der Waals surface area contributed by atoms with Gasteiger partial charge in [-0.05, 0) is 25.5 Å². The number of amides is 1. The molecule has 3 rings (SSSR count). The van der Waals surface area contributed by atoms with Gasteiger partial charge in [0.25, 0.3) is 0 Å². The molecule has 22 heavy (non-hydrogen) atoms. The summed E-state index contributed by atoms with van der Waals surface area (Å²) in [5, 5.41) is 7.30. The Balaban J connectivity index is 1.54. The lowest BCUT2D eigenvalue weighted by molar-refractivity contribution is -0.122. The van der Waals surface area contributed by atoms with Gasteiger partial charge in [-0.25, -0.2) is 10.9 Å². The van der Waals surface area contributed by atoms with Gasteiger partial charge in [0.05, 0.1) is 11.9 Å². The molecule has 3 N–H and O–H groups in total. The van der Waals surface area contributed by atoms with Gasteiger partial charge in [-0.3, -0.25) is 9.48 Å². The Hall–Kier alpha value is -2.18. The topological polar surface area (TPSA) is 71.0 Å². The van der Waals surface area contributed by atoms with Gasteiger partial charge in [0.1, 0.15) is 6.54 Å². The standard InChI is InChI=1S/C16H21N5O/c1-11-8-12(2)21(20-11)10-16(22)17-15-9-14(18-19-15)13-6-4-3-5-7-13/h3-8,14-15,18-19H,9-10H2,1-2H3,(H,17,22). The van der Waals surface area contributed by atoms with Gasteiger partial charge in [0.2, 0.25) is 5.91 Å². The molecular formula is C16H21N5O. The lowest BCUT2D eigenvalue weighted by Gasteiger charge is -2.12. The molecule has 0 spiro atoms. The van der Waals surface area contributed by atoms with E-state index in [9.17, 15) is 4.79 Å². The number of aryl methyl sites for hydroxylation is 2. The Morgan fingerprint density at radius 2 is 2.09 bits per heavy atom. The zero-order chi connectivity index (χ0) is 15.5. The first-order valence-corrected chi connectivity index (χ1v) is 7.48. The van der Waals surface area contributed by atoms with E-state index in [1.807, 2.05) is 38.1 Å². The zero-order valence-corrected chi connectivity index (χ0v) is 12.8. The molecule has 116 valence electrons. The van der Waals surface area contributed by atoms with Crippen molar-refractivity contribution in [1.29, 1.82) is 0 Å². The van der Waals surface area contributed by atoms with Gasteiger partial charge in [0.15, 0.2) is 0 Å². The lowest BCUT2D eigenvalue weighted by Crippen LogP contribution is -2.45. The first kappa shape index (κ1) is 14.7. The SMILES string of the molecule is Cc1cc(C)n(CC(=O)NC2CC(c3ccccc3)NN2)n1. The molecule has 1 amide bonds. The highest BCUT2D eigenvalue weighted by atomic mass is 16.2. The molecule has 1 aromatic heterocycles. The van der Waals surface area contributed by atoms with Gasteiger partial charge in [-0.15, -0.1) is 0 Å². The Labute approximate surface area is 129 Å². The number of hydrazine groups is 1. The van der Waals surface area contributed by atoms with Crippen molar-refractivity contribution in [2.24, 2.45) is 0 Å². The van der Waals surface area contributed by atoms with Gasteiger partial charge < -0.3 is 5.32 Å². The summed E-state index contributed by atoms with van der Waals surface area (Å²) in [5.74, 6) is -0.0424. The predicted octanol–water partition coefficient (Wildman–Crippen LogP) is 1.18. The van der Waals surface area contributed by atoms with Gasteiger partial charge in [0, 0.05) is 18.2 Å². The molecule has 6 nitrogen and oxygen atoms in total. The summed E-state index contributed by atoms with van der Waals surface area (Å²) in [6, 6.07) is 12.4. The fourth-order valence-electron chi connectivity index (χ4n) is 2.77. The highest BCUT2D eigenvalue weighted by Gasteiger charge is 2.26. The maximum absolute atomic E-state index is 12.1. The average molecular weight is 299 g/mol. The molecular weight excluding hydrogens is 278 g/mol. The minimum atomic E-state index is -0.0744. The van der Waals surface area contributed by atoms with Crippen LogP contribution in [0.25, 0.3) is 0 Å². The quantitative estimate of drug-likeness (QED) is 0.793. The highest BCUT2D eigenvalue weighted by Crippen LogP contribution is 2.20. The largest absolute Gasteiger partial charge is 0.338 e. The summed E-state index contributed by atoms with van der Waals surface area (Å²) in [5.41, 5.74) is 9.48.